The fraction of sp³-hybridized carbons (Fsp3) is 0.167. The van der Waals surface area contributed by atoms with Crippen molar-refractivity contribution in [2.45, 2.75) is 6.92 Å². The Kier molecular flexibility index (Phi) is 7.05. The number of carbonyl (C=O) groups excluding carboxylic acids is 2. The van der Waals surface area contributed by atoms with Crippen molar-refractivity contribution in [1.82, 2.24) is 0 Å². The van der Waals surface area contributed by atoms with E-state index in [2.05, 4.69) is 4.74 Å². The van der Waals surface area contributed by atoms with E-state index in [1.54, 1.807) is 0 Å². The molecule has 0 aromatic heterocycles. The van der Waals surface area contributed by atoms with Crippen molar-refractivity contribution in [3.05, 3.63) is 41.5 Å². The molecule has 1 aromatic rings. The number of hydrogen-bond acceptors (Lipinski definition) is 4. The summed E-state index contributed by atoms with van der Waals surface area (Å²) in [7, 11) is 0. The van der Waals surface area contributed by atoms with Gasteiger partial charge in [0, 0.05) is 11.6 Å². The van der Waals surface area contributed by atoms with Crippen LogP contribution in [-0.2, 0) is 14.3 Å². The van der Waals surface area contributed by atoms with Crippen LogP contribution in [0.1, 0.15) is 12.5 Å². The molecule has 0 saturated heterocycles. The minimum atomic E-state index is -1.17. The van der Waals surface area contributed by atoms with Gasteiger partial charge in [0.1, 0.15) is 5.76 Å². The number of ether oxygens (including phenoxy) is 1. The molecule has 0 bridgehead atoms. The molecule has 4 nitrogen and oxygen atoms in total. The fourth-order valence-electron chi connectivity index (χ4n) is 1.12. The third-order valence-electron chi connectivity index (χ3n) is 1.96. The molecule has 19 heavy (non-hydrogen) atoms. The van der Waals surface area contributed by atoms with E-state index in [1.165, 1.54) is 6.92 Å². The zero-order valence-electron chi connectivity index (χ0n) is 9.44. The second-order valence-electron chi connectivity index (χ2n) is 3.24. The van der Waals surface area contributed by atoms with Crippen LogP contribution < -0.4 is 0 Å². The minimum absolute atomic E-state index is 0. The molecule has 0 unspecified atom stereocenters. The fourth-order valence-corrected chi connectivity index (χ4v) is 1.12. The topological polar surface area (TPSA) is 63.6 Å². The van der Waals surface area contributed by atoms with E-state index >= 15 is 0 Å². The van der Waals surface area contributed by atoms with E-state index < -0.39 is 29.1 Å². The first-order chi connectivity index (χ1) is 8.45. The average molecular weight is 264 g/mol. The van der Waals surface area contributed by atoms with Crippen LogP contribution in [0.15, 0.2) is 24.3 Å². The van der Waals surface area contributed by atoms with Crippen molar-refractivity contribution in [1.29, 1.82) is 0 Å². The molecule has 1 rings (SSSR count). The summed E-state index contributed by atoms with van der Waals surface area (Å²) in [6.45, 7) is 1.54. The predicted molar refractivity (Wildman–Crippen MR) is 65.8 cm³/mol. The predicted octanol–water partition coefficient (Wildman–Crippen LogP) is 1.35. The quantitative estimate of drug-likeness (QED) is 0.293. The number of ketones is 1. The Labute approximate surface area is 120 Å². The molecule has 0 saturated carbocycles. The Morgan fingerprint density at radius 1 is 1.32 bits per heavy atom. The molecular formula is C12H11F2LiO4. The van der Waals surface area contributed by atoms with Crippen LogP contribution in [0, 0.1) is 11.6 Å². The molecule has 0 fully saturated rings. The van der Waals surface area contributed by atoms with E-state index in [4.69, 9.17) is 0 Å². The first-order valence-electron chi connectivity index (χ1n) is 5.03. The van der Waals surface area contributed by atoms with Crippen molar-refractivity contribution in [2.75, 3.05) is 6.61 Å². The number of halogens is 2. The Balaban J connectivity index is 0.00000324. The van der Waals surface area contributed by atoms with Crippen LogP contribution in [0.3, 0.4) is 0 Å². The maximum absolute atomic E-state index is 12.9. The molecular weight excluding hydrogens is 253 g/mol. The van der Waals surface area contributed by atoms with Gasteiger partial charge in [-0.2, -0.15) is 0 Å². The van der Waals surface area contributed by atoms with Gasteiger partial charge in [0.2, 0.25) is 0 Å². The number of esters is 1. The third kappa shape index (κ3) is 4.85. The van der Waals surface area contributed by atoms with Gasteiger partial charge in [-0.25, -0.2) is 13.6 Å². The van der Waals surface area contributed by atoms with Gasteiger partial charge in [-0.15, -0.1) is 0 Å². The van der Waals surface area contributed by atoms with Gasteiger partial charge in [0.15, 0.2) is 11.6 Å². The molecule has 7 heteroatoms. The second kappa shape index (κ2) is 7.72. The monoisotopic (exact) mass is 264 g/mol. The standard InChI is InChI=1S/C12H10F2O4.Li.H/c1-2-18-12(17)11(16)6-10(15)7-3-4-8(13)9(14)5-7;;/h3-6,15H,2H2,1H3;;. The Hall–Kier alpha value is -1.64. The van der Waals surface area contributed by atoms with Gasteiger partial charge in [-0.3, -0.25) is 4.79 Å². The molecule has 0 amide bonds. The molecule has 0 aliphatic heterocycles. The number of aliphatic hydroxyl groups excluding tert-OH is 1. The first-order valence-corrected chi connectivity index (χ1v) is 5.03. The van der Waals surface area contributed by atoms with Crippen LogP contribution in [0.2, 0.25) is 0 Å². The summed E-state index contributed by atoms with van der Waals surface area (Å²) in [5, 5.41) is 9.47. The van der Waals surface area contributed by atoms with Gasteiger partial charge < -0.3 is 9.84 Å². The van der Waals surface area contributed by atoms with Gasteiger partial charge in [-0.05, 0) is 25.1 Å². The maximum atomic E-state index is 12.9. The molecule has 1 N–H and O–H groups in total. The molecule has 0 aliphatic carbocycles. The number of aliphatic hydroxyl groups is 1. The molecule has 1 aromatic carbocycles. The van der Waals surface area contributed by atoms with E-state index in [0.29, 0.717) is 12.1 Å². The Morgan fingerprint density at radius 3 is 2.47 bits per heavy atom. The van der Waals surface area contributed by atoms with Gasteiger partial charge in [0.25, 0.3) is 5.78 Å². The van der Waals surface area contributed by atoms with Crippen molar-refractivity contribution in [3.8, 4) is 0 Å². The zero-order valence-corrected chi connectivity index (χ0v) is 9.44. The van der Waals surface area contributed by atoms with Gasteiger partial charge in [-0.1, -0.05) is 0 Å². The van der Waals surface area contributed by atoms with E-state index in [1.807, 2.05) is 0 Å². The Bertz CT molecular complexity index is 514. The Morgan fingerprint density at radius 2 is 1.95 bits per heavy atom. The zero-order chi connectivity index (χ0) is 13.7. The van der Waals surface area contributed by atoms with Gasteiger partial charge >= 0.3 is 24.8 Å². The second-order valence-corrected chi connectivity index (χ2v) is 3.24. The first kappa shape index (κ1) is 17.4. The van der Waals surface area contributed by atoms with Crippen LogP contribution in [0.25, 0.3) is 5.76 Å². The van der Waals surface area contributed by atoms with Crippen LogP contribution in [0.5, 0.6) is 0 Å². The summed E-state index contributed by atoms with van der Waals surface area (Å²) in [5.41, 5.74) is -0.119. The number of hydrogen-bond donors (Lipinski definition) is 1. The molecule has 98 valence electrons. The number of benzene rings is 1. The molecule has 0 atom stereocenters. The average Bonchev–Trinajstić information content (AvgIpc) is 2.32. The summed E-state index contributed by atoms with van der Waals surface area (Å²) in [4.78, 5) is 22.2. The van der Waals surface area contributed by atoms with E-state index in [-0.39, 0.29) is 31.0 Å². The molecule has 0 radical (unpaired) electrons. The van der Waals surface area contributed by atoms with Crippen molar-refractivity contribution >= 4 is 36.4 Å². The van der Waals surface area contributed by atoms with E-state index in [0.717, 1.165) is 12.1 Å². The van der Waals surface area contributed by atoms with Crippen molar-refractivity contribution in [2.24, 2.45) is 0 Å². The third-order valence-corrected chi connectivity index (χ3v) is 1.96. The molecule has 0 heterocycles. The SMILES string of the molecule is CCOC(=O)C(=O)C=C(O)c1ccc(F)c(F)c1.[LiH]. The molecule has 0 spiro atoms. The van der Waals surface area contributed by atoms with Crippen molar-refractivity contribution in [3.63, 3.8) is 0 Å². The summed E-state index contributed by atoms with van der Waals surface area (Å²) >= 11 is 0. The summed E-state index contributed by atoms with van der Waals surface area (Å²) in [5.74, 6) is -5.11. The summed E-state index contributed by atoms with van der Waals surface area (Å²) in [6.07, 6.45) is 0.588. The van der Waals surface area contributed by atoms with E-state index in [9.17, 15) is 23.5 Å². The normalized spacial score (nSPS) is 10.6. The molecule has 0 aliphatic rings. The van der Waals surface area contributed by atoms with Gasteiger partial charge in [0.05, 0.1) is 6.61 Å². The number of carbonyl (C=O) groups is 2. The van der Waals surface area contributed by atoms with Crippen molar-refractivity contribution < 1.29 is 28.2 Å². The van der Waals surface area contributed by atoms with Crippen LogP contribution in [-0.4, -0.2) is 42.3 Å². The summed E-state index contributed by atoms with van der Waals surface area (Å²) < 4.78 is 29.9. The summed E-state index contributed by atoms with van der Waals surface area (Å²) in [6, 6.07) is 2.58. The number of rotatable bonds is 4. The van der Waals surface area contributed by atoms with Crippen LogP contribution in [0.4, 0.5) is 8.78 Å². The van der Waals surface area contributed by atoms with Crippen LogP contribution >= 0.6 is 0 Å².